The van der Waals surface area contributed by atoms with Crippen LogP contribution in [-0.4, -0.2) is 34.3 Å². The number of esters is 1. The number of anilines is 1. The number of amides is 1. The molecule has 1 amide bonds. The second-order valence-corrected chi connectivity index (χ2v) is 7.72. The van der Waals surface area contributed by atoms with Crippen LogP contribution in [0.2, 0.25) is 0 Å². The van der Waals surface area contributed by atoms with Crippen molar-refractivity contribution in [3.63, 3.8) is 0 Å². The summed E-state index contributed by atoms with van der Waals surface area (Å²) in [5, 5.41) is 5.00. The van der Waals surface area contributed by atoms with Crippen molar-refractivity contribution in [1.82, 2.24) is 9.78 Å². The Morgan fingerprint density at radius 2 is 1.45 bits per heavy atom. The molecule has 4 rings (SSSR count). The zero-order chi connectivity index (χ0) is 23.4. The van der Waals surface area contributed by atoms with Gasteiger partial charge in [-0.05, 0) is 44.2 Å². The Bertz CT molecular complexity index is 1350. The highest BCUT2D eigenvalue weighted by molar-refractivity contribution is 6.03. The molecule has 4 aromatic rings. The van der Waals surface area contributed by atoms with Crippen LogP contribution in [0, 0.1) is 0 Å². The van der Waals surface area contributed by atoms with E-state index in [1.54, 1.807) is 53.4 Å². The summed E-state index contributed by atoms with van der Waals surface area (Å²) in [6.45, 7) is 3.32. The highest BCUT2D eigenvalue weighted by Gasteiger charge is 2.23. The van der Waals surface area contributed by atoms with Crippen molar-refractivity contribution in [3.8, 4) is 5.69 Å². The fourth-order valence-corrected chi connectivity index (χ4v) is 3.67. The third kappa shape index (κ3) is 4.52. The molecule has 0 fully saturated rings. The van der Waals surface area contributed by atoms with E-state index >= 15 is 0 Å². The Morgan fingerprint density at radius 1 is 0.879 bits per heavy atom. The Labute approximate surface area is 190 Å². The Hall–Kier alpha value is -4.26. The van der Waals surface area contributed by atoms with Crippen molar-refractivity contribution in [1.29, 1.82) is 0 Å². The second kappa shape index (κ2) is 9.48. The van der Waals surface area contributed by atoms with Gasteiger partial charge < -0.3 is 9.64 Å². The number of ether oxygens (including phenoxy) is 1. The molecule has 0 aliphatic rings. The molecular weight excluding hydrogens is 418 g/mol. The first-order valence-corrected chi connectivity index (χ1v) is 10.6. The molecule has 3 aromatic carbocycles. The second-order valence-electron chi connectivity index (χ2n) is 7.72. The standard InChI is InChI=1S/C26H23N3O4/c1-18(2)28(19-11-5-3-6-12-19)23(30)17-33-26(32)24-21-15-9-10-16-22(21)25(31)29(27-24)20-13-7-4-8-14-20/h3-16,18H,17H2,1-2H3. The van der Waals surface area contributed by atoms with Crippen LogP contribution in [0.1, 0.15) is 24.3 Å². The van der Waals surface area contributed by atoms with Crippen LogP contribution in [-0.2, 0) is 9.53 Å². The van der Waals surface area contributed by atoms with Gasteiger partial charge in [-0.1, -0.05) is 54.6 Å². The SMILES string of the molecule is CC(C)N(C(=O)COC(=O)c1nn(-c2ccccc2)c(=O)c2ccccc12)c1ccccc1. The molecule has 7 nitrogen and oxygen atoms in total. The van der Waals surface area contributed by atoms with Gasteiger partial charge in [-0.15, -0.1) is 0 Å². The van der Waals surface area contributed by atoms with Gasteiger partial charge >= 0.3 is 5.97 Å². The van der Waals surface area contributed by atoms with Crippen LogP contribution in [0.25, 0.3) is 16.5 Å². The lowest BCUT2D eigenvalue weighted by atomic mass is 10.1. The van der Waals surface area contributed by atoms with E-state index in [4.69, 9.17) is 4.74 Å². The van der Waals surface area contributed by atoms with Crippen molar-refractivity contribution in [3.05, 3.63) is 101 Å². The van der Waals surface area contributed by atoms with Crippen LogP contribution in [0.3, 0.4) is 0 Å². The summed E-state index contributed by atoms with van der Waals surface area (Å²) in [5.41, 5.74) is 0.861. The number of carbonyl (C=O) groups excluding carboxylic acids is 2. The number of hydrogen-bond acceptors (Lipinski definition) is 5. The molecular formula is C26H23N3O4. The number of nitrogens with zero attached hydrogens (tertiary/aromatic N) is 3. The summed E-state index contributed by atoms with van der Waals surface area (Å²) < 4.78 is 6.55. The Morgan fingerprint density at radius 3 is 2.09 bits per heavy atom. The minimum atomic E-state index is -0.777. The zero-order valence-corrected chi connectivity index (χ0v) is 18.3. The summed E-state index contributed by atoms with van der Waals surface area (Å²) in [6.07, 6.45) is 0. The van der Waals surface area contributed by atoms with E-state index in [0.29, 0.717) is 16.5 Å². The maximum absolute atomic E-state index is 13.0. The van der Waals surface area contributed by atoms with Gasteiger partial charge in [0.25, 0.3) is 11.5 Å². The van der Waals surface area contributed by atoms with Gasteiger partial charge in [0.15, 0.2) is 12.3 Å². The molecule has 0 bridgehead atoms. The summed E-state index contributed by atoms with van der Waals surface area (Å²) >= 11 is 0. The largest absolute Gasteiger partial charge is 0.451 e. The third-order valence-corrected chi connectivity index (χ3v) is 5.15. The quantitative estimate of drug-likeness (QED) is 0.423. The van der Waals surface area contributed by atoms with Gasteiger partial charge in [-0.25, -0.2) is 4.79 Å². The van der Waals surface area contributed by atoms with E-state index in [-0.39, 0.29) is 23.2 Å². The fraction of sp³-hybridized carbons (Fsp3) is 0.154. The normalized spacial score (nSPS) is 10.9. The third-order valence-electron chi connectivity index (χ3n) is 5.15. The minimum Gasteiger partial charge on any atom is -0.451 e. The highest BCUT2D eigenvalue weighted by atomic mass is 16.5. The van der Waals surface area contributed by atoms with Gasteiger partial charge in [0.1, 0.15) is 0 Å². The molecule has 0 aliphatic heterocycles. The molecule has 166 valence electrons. The molecule has 33 heavy (non-hydrogen) atoms. The number of hydrogen-bond donors (Lipinski definition) is 0. The monoisotopic (exact) mass is 441 g/mol. The molecule has 0 unspecified atom stereocenters. The van der Waals surface area contributed by atoms with E-state index in [9.17, 15) is 14.4 Å². The maximum atomic E-state index is 13.0. The number of carbonyl (C=O) groups is 2. The van der Waals surface area contributed by atoms with Crippen LogP contribution >= 0.6 is 0 Å². The van der Waals surface area contributed by atoms with Crippen LogP contribution in [0.5, 0.6) is 0 Å². The predicted octanol–water partition coefficient (Wildman–Crippen LogP) is 3.98. The molecule has 0 aliphatic carbocycles. The molecule has 0 spiro atoms. The van der Waals surface area contributed by atoms with Crippen molar-refractivity contribution >= 4 is 28.3 Å². The number of benzene rings is 3. The topological polar surface area (TPSA) is 81.5 Å². The summed E-state index contributed by atoms with van der Waals surface area (Å²) in [5.74, 6) is -1.13. The lowest BCUT2D eigenvalue weighted by Gasteiger charge is -2.26. The van der Waals surface area contributed by atoms with E-state index in [1.165, 1.54) is 4.68 Å². The minimum absolute atomic E-state index is 0.0299. The van der Waals surface area contributed by atoms with Crippen molar-refractivity contribution in [2.75, 3.05) is 11.5 Å². The van der Waals surface area contributed by atoms with Gasteiger partial charge in [0.2, 0.25) is 0 Å². The van der Waals surface area contributed by atoms with E-state index in [1.807, 2.05) is 50.2 Å². The summed E-state index contributed by atoms with van der Waals surface area (Å²) in [6, 6.07) is 24.6. The Kier molecular flexibility index (Phi) is 6.31. The maximum Gasteiger partial charge on any atom is 0.359 e. The van der Waals surface area contributed by atoms with E-state index in [2.05, 4.69) is 5.10 Å². The molecule has 0 saturated heterocycles. The molecule has 7 heteroatoms. The number of rotatable bonds is 6. The first-order chi connectivity index (χ1) is 16.0. The van der Waals surface area contributed by atoms with Gasteiger partial charge in [-0.2, -0.15) is 9.78 Å². The average Bonchev–Trinajstić information content (AvgIpc) is 2.84. The van der Waals surface area contributed by atoms with Gasteiger partial charge in [0.05, 0.1) is 11.1 Å². The fourth-order valence-electron chi connectivity index (χ4n) is 3.67. The van der Waals surface area contributed by atoms with E-state index in [0.717, 1.165) is 5.69 Å². The molecule has 0 saturated carbocycles. The van der Waals surface area contributed by atoms with Gasteiger partial charge in [0, 0.05) is 17.1 Å². The summed E-state index contributed by atoms with van der Waals surface area (Å²) in [7, 11) is 0. The molecule has 1 heterocycles. The number of para-hydroxylation sites is 2. The molecule has 0 N–H and O–H groups in total. The van der Waals surface area contributed by atoms with Crippen LogP contribution < -0.4 is 10.5 Å². The van der Waals surface area contributed by atoms with Crippen LogP contribution in [0.4, 0.5) is 5.69 Å². The highest BCUT2D eigenvalue weighted by Crippen LogP contribution is 2.18. The first kappa shape index (κ1) is 22.0. The predicted molar refractivity (Wildman–Crippen MR) is 127 cm³/mol. The smallest absolute Gasteiger partial charge is 0.359 e. The lowest BCUT2D eigenvalue weighted by Crippen LogP contribution is -2.40. The van der Waals surface area contributed by atoms with Crippen molar-refractivity contribution < 1.29 is 14.3 Å². The van der Waals surface area contributed by atoms with Crippen molar-refractivity contribution in [2.24, 2.45) is 0 Å². The summed E-state index contributed by atoms with van der Waals surface area (Å²) in [4.78, 5) is 40.5. The number of fused-ring (bicyclic) bond motifs is 1. The molecule has 1 aromatic heterocycles. The van der Waals surface area contributed by atoms with E-state index < -0.39 is 12.6 Å². The lowest BCUT2D eigenvalue weighted by molar-refractivity contribution is -0.122. The van der Waals surface area contributed by atoms with Gasteiger partial charge in [-0.3, -0.25) is 9.59 Å². The zero-order valence-electron chi connectivity index (χ0n) is 18.3. The first-order valence-electron chi connectivity index (χ1n) is 10.6. The Balaban J connectivity index is 1.65. The average molecular weight is 441 g/mol. The number of aromatic nitrogens is 2. The molecule has 0 radical (unpaired) electrons. The molecule has 0 atom stereocenters. The van der Waals surface area contributed by atoms with Crippen LogP contribution in [0.15, 0.2) is 89.7 Å². The van der Waals surface area contributed by atoms with Crippen molar-refractivity contribution in [2.45, 2.75) is 19.9 Å².